The second-order valence-electron chi connectivity index (χ2n) is 5.08. The largest absolute Gasteiger partial charge is 0.306 e. The second kappa shape index (κ2) is 6.40. The van der Waals surface area contributed by atoms with Crippen molar-refractivity contribution < 1.29 is 0 Å². The first-order chi connectivity index (χ1) is 8.72. The smallest absolute Gasteiger partial charge is 0.0550 e. The normalized spacial score (nSPS) is 16.7. The van der Waals surface area contributed by atoms with E-state index in [2.05, 4.69) is 43.4 Å². The van der Waals surface area contributed by atoms with E-state index in [1.165, 1.54) is 36.0 Å². The average Bonchev–Trinajstić information content (AvgIpc) is 2.85. The summed E-state index contributed by atoms with van der Waals surface area (Å²) >= 11 is 6.41. The maximum absolute atomic E-state index is 6.41. The van der Waals surface area contributed by atoms with Crippen LogP contribution in [-0.2, 0) is 0 Å². The van der Waals surface area contributed by atoms with Gasteiger partial charge in [0.2, 0.25) is 0 Å². The zero-order chi connectivity index (χ0) is 13.0. The zero-order valence-electron chi connectivity index (χ0n) is 11.3. The molecule has 0 heterocycles. The minimum absolute atomic E-state index is 0.306. The number of benzene rings is 1. The SMILES string of the molecule is CCCNC(C1=CCCC1)c1ccc(C)cc1Cl. The monoisotopic (exact) mass is 263 g/mol. The predicted molar refractivity (Wildman–Crippen MR) is 79.2 cm³/mol. The van der Waals surface area contributed by atoms with E-state index in [-0.39, 0.29) is 0 Å². The van der Waals surface area contributed by atoms with Crippen LogP contribution in [0.25, 0.3) is 0 Å². The Hall–Kier alpha value is -0.790. The first-order valence-electron chi connectivity index (χ1n) is 6.90. The van der Waals surface area contributed by atoms with Gasteiger partial charge in [-0.25, -0.2) is 0 Å². The van der Waals surface area contributed by atoms with E-state index in [1.807, 2.05) is 0 Å². The van der Waals surface area contributed by atoms with Crippen molar-refractivity contribution in [2.24, 2.45) is 0 Å². The highest BCUT2D eigenvalue weighted by molar-refractivity contribution is 6.31. The Kier molecular flexibility index (Phi) is 4.85. The molecule has 2 heteroatoms. The van der Waals surface area contributed by atoms with Crippen molar-refractivity contribution in [3.05, 3.63) is 46.0 Å². The van der Waals surface area contributed by atoms with Crippen molar-refractivity contribution in [1.82, 2.24) is 5.32 Å². The third-order valence-electron chi connectivity index (χ3n) is 3.51. The summed E-state index contributed by atoms with van der Waals surface area (Å²) in [5.41, 5.74) is 3.96. The molecule has 0 radical (unpaired) electrons. The van der Waals surface area contributed by atoms with Crippen molar-refractivity contribution in [3.63, 3.8) is 0 Å². The van der Waals surface area contributed by atoms with Gasteiger partial charge in [-0.3, -0.25) is 0 Å². The van der Waals surface area contributed by atoms with Crippen LogP contribution in [0.3, 0.4) is 0 Å². The number of rotatable bonds is 5. The summed E-state index contributed by atoms with van der Waals surface area (Å²) in [5.74, 6) is 0. The van der Waals surface area contributed by atoms with Crippen LogP contribution in [-0.4, -0.2) is 6.54 Å². The molecule has 0 aromatic heterocycles. The quantitative estimate of drug-likeness (QED) is 0.753. The lowest BCUT2D eigenvalue weighted by atomic mass is 9.97. The van der Waals surface area contributed by atoms with E-state index in [4.69, 9.17) is 11.6 Å². The molecule has 98 valence electrons. The topological polar surface area (TPSA) is 12.0 Å². The molecule has 1 nitrogen and oxygen atoms in total. The minimum Gasteiger partial charge on any atom is -0.306 e. The lowest BCUT2D eigenvalue weighted by molar-refractivity contribution is 0.578. The molecule has 1 aromatic carbocycles. The zero-order valence-corrected chi connectivity index (χ0v) is 12.1. The summed E-state index contributed by atoms with van der Waals surface area (Å²) in [4.78, 5) is 0. The molecule has 0 saturated heterocycles. The van der Waals surface area contributed by atoms with E-state index in [0.29, 0.717) is 6.04 Å². The lowest BCUT2D eigenvalue weighted by Crippen LogP contribution is -2.23. The molecule has 1 atom stereocenters. The van der Waals surface area contributed by atoms with E-state index in [1.54, 1.807) is 0 Å². The van der Waals surface area contributed by atoms with Crippen LogP contribution in [0.5, 0.6) is 0 Å². The van der Waals surface area contributed by atoms with Crippen LogP contribution >= 0.6 is 11.6 Å². The van der Waals surface area contributed by atoms with Crippen LogP contribution < -0.4 is 5.32 Å². The number of halogens is 1. The van der Waals surface area contributed by atoms with Crippen LogP contribution in [0.1, 0.15) is 49.8 Å². The van der Waals surface area contributed by atoms with Crippen molar-refractivity contribution in [3.8, 4) is 0 Å². The van der Waals surface area contributed by atoms with E-state index >= 15 is 0 Å². The highest BCUT2D eigenvalue weighted by Crippen LogP contribution is 2.34. The highest BCUT2D eigenvalue weighted by atomic mass is 35.5. The molecule has 0 fully saturated rings. The average molecular weight is 264 g/mol. The van der Waals surface area contributed by atoms with Gasteiger partial charge in [-0.2, -0.15) is 0 Å². The van der Waals surface area contributed by atoms with Crippen molar-refractivity contribution in [2.45, 2.75) is 45.6 Å². The van der Waals surface area contributed by atoms with E-state index in [0.717, 1.165) is 18.0 Å². The van der Waals surface area contributed by atoms with E-state index < -0.39 is 0 Å². The van der Waals surface area contributed by atoms with Crippen LogP contribution in [0, 0.1) is 6.92 Å². The number of hydrogen-bond acceptors (Lipinski definition) is 1. The summed E-state index contributed by atoms with van der Waals surface area (Å²) < 4.78 is 0. The van der Waals surface area contributed by atoms with Gasteiger partial charge in [0, 0.05) is 5.02 Å². The molecule has 0 spiro atoms. The molecule has 0 saturated carbocycles. The van der Waals surface area contributed by atoms with Crippen LogP contribution in [0.15, 0.2) is 29.8 Å². The Bertz CT molecular complexity index is 437. The molecule has 0 bridgehead atoms. The Morgan fingerprint density at radius 3 is 2.83 bits per heavy atom. The van der Waals surface area contributed by atoms with Crippen molar-refractivity contribution >= 4 is 11.6 Å². The van der Waals surface area contributed by atoms with Gasteiger partial charge in [-0.15, -0.1) is 0 Å². The molecule has 0 amide bonds. The van der Waals surface area contributed by atoms with Gasteiger partial charge in [0.15, 0.2) is 0 Å². The third-order valence-corrected chi connectivity index (χ3v) is 3.84. The van der Waals surface area contributed by atoms with Gasteiger partial charge in [0.1, 0.15) is 0 Å². The van der Waals surface area contributed by atoms with E-state index in [9.17, 15) is 0 Å². The molecule has 1 N–H and O–H groups in total. The molecule has 18 heavy (non-hydrogen) atoms. The highest BCUT2D eigenvalue weighted by Gasteiger charge is 2.20. The predicted octanol–water partition coefficient (Wildman–Crippen LogP) is 4.80. The van der Waals surface area contributed by atoms with Gasteiger partial charge in [0.05, 0.1) is 6.04 Å². The fourth-order valence-corrected chi connectivity index (χ4v) is 2.90. The maximum atomic E-state index is 6.41. The molecule has 1 aromatic rings. The molecular weight excluding hydrogens is 242 g/mol. The van der Waals surface area contributed by atoms with Crippen molar-refractivity contribution in [1.29, 1.82) is 0 Å². The second-order valence-corrected chi connectivity index (χ2v) is 5.49. The first kappa shape index (κ1) is 13.6. The van der Waals surface area contributed by atoms with Gasteiger partial charge in [0.25, 0.3) is 0 Å². The molecule has 1 aliphatic rings. The fraction of sp³-hybridized carbons (Fsp3) is 0.500. The summed E-state index contributed by atoms with van der Waals surface area (Å²) in [6, 6.07) is 6.69. The number of nitrogens with one attached hydrogen (secondary N) is 1. The van der Waals surface area contributed by atoms with Crippen molar-refractivity contribution in [2.75, 3.05) is 6.54 Å². The Morgan fingerprint density at radius 2 is 2.22 bits per heavy atom. The van der Waals surface area contributed by atoms with Gasteiger partial charge in [-0.1, -0.05) is 42.3 Å². The summed E-state index contributed by atoms with van der Waals surface area (Å²) in [6.07, 6.45) is 7.22. The fourth-order valence-electron chi connectivity index (χ4n) is 2.55. The van der Waals surface area contributed by atoms with Gasteiger partial charge in [-0.05, 0) is 56.3 Å². The van der Waals surface area contributed by atoms with Crippen LogP contribution in [0.2, 0.25) is 5.02 Å². The third kappa shape index (κ3) is 3.15. The number of allylic oxidation sites excluding steroid dienone is 1. The Balaban J connectivity index is 2.26. The van der Waals surface area contributed by atoms with Crippen LogP contribution in [0.4, 0.5) is 0 Å². The number of aryl methyl sites for hydroxylation is 1. The molecular formula is C16H22ClN. The number of hydrogen-bond donors (Lipinski definition) is 1. The van der Waals surface area contributed by atoms with Gasteiger partial charge < -0.3 is 5.32 Å². The molecule has 0 aliphatic heterocycles. The summed E-state index contributed by atoms with van der Waals surface area (Å²) in [7, 11) is 0. The van der Waals surface area contributed by atoms with Gasteiger partial charge >= 0.3 is 0 Å². The molecule has 1 unspecified atom stereocenters. The standard InChI is InChI=1S/C16H22ClN/c1-3-10-18-16(13-6-4-5-7-13)14-9-8-12(2)11-15(14)17/h6,8-9,11,16,18H,3-5,7,10H2,1-2H3. The molecule has 2 rings (SSSR count). The Labute approximate surface area is 115 Å². The lowest BCUT2D eigenvalue weighted by Gasteiger charge is -2.22. The summed E-state index contributed by atoms with van der Waals surface area (Å²) in [5, 5.41) is 4.52. The first-order valence-corrected chi connectivity index (χ1v) is 7.28. The Morgan fingerprint density at radius 1 is 1.39 bits per heavy atom. The minimum atomic E-state index is 0.306. The maximum Gasteiger partial charge on any atom is 0.0550 e. The summed E-state index contributed by atoms with van der Waals surface area (Å²) in [6.45, 7) is 5.31. The molecule has 1 aliphatic carbocycles.